The monoisotopic (exact) mass is 409 g/mol. The van der Waals surface area contributed by atoms with E-state index in [2.05, 4.69) is 15.5 Å². The predicted molar refractivity (Wildman–Crippen MR) is 93.2 cm³/mol. The van der Waals surface area contributed by atoms with Crippen LogP contribution in [0.15, 0.2) is 36.5 Å². The first-order valence-corrected chi connectivity index (χ1v) is 8.68. The third-order valence-corrected chi connectivity index (χ3v) is 4.42. The van der Waals surface area contributed by atoms with Gasteiger partial charge >= 0.3 is 6.18 Å². The molecule has 3 aromatic rings. The van der Waals surface area contributed by atoms with E-state index in [1.807, 2.05) is 0 Å². The highest BCUT2D eigenvalue weighted by atomic mass is 19.4. The van der Waals surface area contributed by atoms with E-state index in [0.717, 1.165) is 24.4 Å². The normalized spacial score (nSPS) is 15.6. The van der Waals surface area contributed by atoms with E-state index >= 15 is 0 Å². The van der Waals surface area contributed by atoms with E-state index in [1.165, 1.54) is 12.1 Å². The molecule has 1 aromatic carbocycles. The maximum atomic E-state index is 13.6. The minimum absolute atomic E-state index is 0.0502. The molecule has 0 bridgehead atoms. The molecule has 1 saturated heterocycles. The van der Waals surface area contributed by atoms with Crippen LogP contribution in [0.3, 0.4) is 0 Å². The minimum Gasteiger partial charge on any atom is -0.379 e. The molecule has 1 aliphatic rings. The summed E-state index contributed by atoms with van der Waals surface area (Å²) in [6.45, 7) is 1.76. The molecule has 29 heavy (non-hydrogen) atoms. The minimum atomic E-state index is -4.74. The Kier molecular flexibility index (Phi) is 4.92. The number of fused-ring (bicyclic) bond motifs is 1. The first-order valence-electron chi connectivity index (χ1n) is 8.68. The van der Waals surface area contributed by atoms with Crippen LogP contribution in [0, 0.1) is 5.82 Å². The van der Waals surface area contributed by atoms with E-state index < -0.39 is 23.6 Å². The third-order valence-electron chi connectivity index (χ3n) is 4.42. The van der Waals surface area contributed by atoms with Gasteiger partial charge < -0.3 is 4.74 Å². The standard InChI is InChI=1S/C18H15F4N5O2/c19-12-3-1-11(2-4-12)14-9-15(18(20,21)22)27-16(24-14)13(10-23-27)17(28)25-26-5-7-29-8-6-26/h1-4,9-10H,5-8H2,(H,25,28). The Morgan fingerprint density at radius 3 is 2.48 bits per heavy atom. The van der Waals surface area contributed by atoms with Gasteiger partial charge in [-0.3, -0.25) is 10.2 Å². The van der Waals surface area contributed by atoms with Crippen molar-refractivity contribution in [3.05, 3.63) is 53.6 Å². The fourth-order valence-electron chi connectivity index (χ4n) is 2.97. The molecule has 0 aliphatic carbocycles. The van der Waals surface area contributed by atoms with Crippen molar-refractivity contribution >= 4 is 11.6 Å². The Hall–Kier alpha value is -3.05. The molecular formula is C18H15F4N5O2. The number of carbonyl (C=O) groups is 1. The topological polar surface area (TPSA) is 71.8 Å². The maximum Gasteiger partial charge on any atom is 0.433 e. The smallest absolute Gasteiger partial charge is 0.379 e. The summed E-state index contributed by atoms with van der Waals surface area (Å²) < 4.78 is 59.7. The molecule has 1 aliphatic heterocycles. The summed E-state index contributed by atoms with van der Waals surface area (Å²) >= 11 is 0. The highest BCUT2D eigenvalue weighted by Gasteiger charge is 2.36. The van der Waals surface area contributed by atoms with Crippen LogP contribution >= 0.6 is 0 Å². The van der Waals surface area contributed by atoms with Crippen molar-refractivity contribution in [3.63, 3.8) is 0 Å². The lowest BCUT2D eigenvalue weighted by Gasteiger charge is -2.26. The predicted octanol–water partition coefficient (Wildman–Crippen LogP) is 2.53. The number of ether oxygens (including phenoxy) is 1. The first kappa shape index (κ1) is 19.3. The average molecular weight is 409 g/mol. The lowest BCUT2D eigenvalue weighted by Crippen LogP contribution is -2.48. The SMILES string of the molecule is O=C(NN1CCOCC1)c1cnn2c(C(F)(F)F)cc(-c3ccc(F)cc3)nc12. The number of hydrazine groups is 1. The van der Waals surface area contributed by atoms with Crippen LogP contribution in [-0.4, -0.2) is 51.8 Å². The highest BCUT2D eigenvalue weighted by Crippen LogP contribution is 2.32. The number of hydrogen-bond donors (Lipinski definition) is 1. The second-order valence-corrected chi connectivity index (χ2v) is 6.37. The number of halogens is 4. The Morgan fingerprint density at radius 1 is 1.14 bits per heavy atom. The van der Waals surface area contributed by atoms with Crippen molar-refractivity contribution in [2.75, 3.05) is 26.3 Å². The Morgan fingerprint density at radius 2 is 1.83 bits per heavy atom. The van der Waals surface area contributed by atoms with Gasteiger partial charge in [-0.1, -0.05) is 0 Å². The molecule has 2 aromatic heterocycles. The first-order chi connectivity index (χ1) is 13.8. The van der Waals surface area contributed by atoms with Gasteiger partial charge in [-0.05, 0) is 30.3 Å². The number of nitrogens with one attached hydrogen (secondary N) is 1. The molecule has 0 spiro atoms. The second kappa shape index (κ2) is 7.41. The number of benzene rings is 1. The highest BCUT2D eigenvalue weighted by molar-refractivity contribution is 5.99. The lowest BCUT2D eigenvalue weighted by molar-refractivity contribution is -0.142. The Bertz CT molecular complexity index is 1040. The van der Waals surface area contributed by atoms with Gasteiger partial charge in [-0.2, -0.15) is 18.3 Å². The van der Waals surface area contributed by atoms with Gasteiger partial charge in [-0.25, -0.2) is 18.9 Å². The number of amides is 1. The molecule has 0 atom stereocenters. The summed E-state index contributed by atoms with van der Waals surface area (Å²) in [5, 5.41) is 5.33. The van der Waals surface area contributed by atoms with Gasteiger partial charge in [0.15, 0.2) is 11.3 Å². The lowest BCUT2D eigenvalue weighted by atomic mass is 10.1. The van der Waals surface area contributed by atoms with Crippen LogP contribution in [0.2, 0.25) is 0 Å². The third kappa shape index (κ3) is 3.91. The molecule has 1 fully saturated rings. The number of rotatable bonds is 3. The Balaban J connectivity index is 1.79. The molecule has 3 heterocycles. The van der Waals surface area contributed by atoms with E-state index in [-0.39, 0.29) is 22.5 Å². The average Bonchev–Trinajstić information content (AvgIpc) is 3.12. The van der Waals surface area contributed by atoms with Gasteiger partial charge in [0.1, 0.15) is 11.4 Å². The number of nitrogens with zero attached hydrogens (tertiary/aromatic N) is 4. The largest absolute Gasteiger partial charge is 0.433 e. The van der Waals surface area contributed by atoms with E-state index in [9.17, 15) is 22.4 Å². The summed E-state index contributed by atoms with van der Waals surface area (Å²) in [5.41, 5.74) is 1.41. The van der Waals surface area contributed by atoms with Crippen LogP contribution in [0.5, 0.6) is 0 Å². The van der Waals surface area contributed by atoms with Crippen molar-refractivity contribution < 1.29 is 27.1 Å². The zero-order valence-corrected chi connectivity index (χ0v) is 14.9. The fourth-order valence-corrected chi connectivity index (χ4v) is 2.97. The summed E-state index contributed by atoms with van der Waals surface area (Å²) in [6, 6.07) is 5.70. The van der Waals surface area contributed by atoms with E-state index in [1.54, 1.807) is 5.01 Å². The van der Waals surface area contributed by atoms with Crippen LogP contribution in [-0.2, 0) is 10.9 Å². The quantitative estimate of drug-likeness (QED) is 0.674. The van der Waals surface area contributed by atoms with Crippen molar-refractivity contribution in [3.8, 4) is 11.3 Å². The molecule has 1 N–H and O–H groups in total. The van der Waals surface area contributed by atoms with Gasteiger partial charge in [0.05, 0.1) is 25.1 Å². The van der Waals surface area contributed by atoms with E-state index in [0.29, 0.717) is 30.8 Å². The molecule has 1 amide bonds. The van der Waals surface area contributed by atoms with Crippen LogP contribution < -0.4 is 5.43 Å². The molecule has 7 nitrogen and oxygen atoms in total. The zero-order chi connectivity index (χ0) is 20.6. The molecule has 4 rings (SSSR count). The van der Waals surface area contributed by atoms with Gasteiger partial charge in [0, 0.05) is 18.7 Å². The Labute approximate surface area is 161 Å². The van der Waals surface area contributed by atoms with Gasteiger partial charge in [0.25, 0.3) is 5.91 Å². The van der Waals surface area contributed by atoms with Crippen LogP contribution in [0.25, 0.3) is 16.9 Å². The van der Waals surface area contributed by atoms with E-state index in [4.69, 9.17) is 4.74 Å². The molecule has 0 saturated carbocycles. The van der Waals surface area contributed by atoms with Gasteiger partial charge in [0.2, 0.25) is 0 Å². The van der Waals surface area contributed by atoms with Crippen molar-refractivity contribution in [2.24, 2.45) is 0 Å². The number of aromatic nitrogens is 3. The van der Waals surface area contributed by atoms with Crippen LogP contribution in [0.1, 0.15) is 16.1 Å². The zero-order valence-electron chi connectivity index (χ0n) is 14.9. The number of alkyl halides is 3. The maximum absolute atomic E-state index is 13.6. The number of hydrogen-bond acceptors (Lipinski definition) is 5. The molecule has 0 radical (unpaired) electrons. The summed E-state index contributed by atoms with van der Waals surface area (Å²) in [5.74, 6) is -1.15. The molecule has 11 heteroatoms. The number of morpholine rings is 1. The van der Waals surface area contributed by atoms with Crippen molar-refractivity contribution in [2.45, 2.75) is 6.18 Å². The summed E-state index contributed by atoms with van der Waals surface area (Å²) in [6.07, 6.45) is -3.69. The molecule has 152 valence electrons. The number of carbonyl (C=O) groups excluding carboxylic acids is 1. The fraction of sp³-hybridized carbons (Fsp3) is 0.278. The summed E-state index contributed by atoms with van der Waals surface area (Å²) in [7, 11) is 0. The van der Waals surface area contributed by atoms with Gasteiger partial charge in [-0.15, -0.1) is 0 Å². The molecule has 0 unspecified atom stereocenters. The van der Waals surface area contributed by atoms with Crippen LogP contribution in [0.4, 0.5) is 17.6 Å². The summed E-state index contributed by atoms with van der Waals surface area (Å²) in [4.78, 5) is 16.8. The second-order valence-electron chi connectivity index (χ2n) is 6.37. The van der Waals surface area contributed by atoms with Crippen molar-refractivity contribution in [1.82, 2.24) is 25.0 Å². The molecular weight excluding hydrogens is 394 g/mol. The van der Waals surface area contributed by atoms with Crippen molar-refractivity contribution in [1.29, 1.82) is 0 Å².